The minimum absolute atomic E-state index is 0.230. The highest BCUT2D eigenvalue weighted by Crippen LogP contribution is 2.22. The first-order valence-corrected chi connectivity index (χ1v) is 6.57. The molecule has 100 valence electrons. The summed E-state index contributed by atoms with van der Waals surface area (Å²) in [5, 5.41) is 0. The van der Waals surface area contributed by atoms with E-state index in [1.54, 1.807) is 0 Å². The Morgan fingerprint density at radius 3 is 2.58 bits per heavy atom. The molecule has 2 rings (SSSR count). The van der Waals surface area contributed by atoms with Crippen LogP contribution in [0.15, 0.2) is 41.4 Å². The number of anilines is 2. The molecule has 0 radical (unpaired) electrons. The van der Waals surface area contributed by atoms with E-state index in [2.05, 4.69) is 4.98 Å². The van der Waals surface area contributed by atoms with E-state index >= 15 is 0 Å². The van der Waals surface area contributed by atoms with Gasteiger partial charge in [-0.05, 0) is 24.3 Å². The van der Waals surface area contributed by atoms with Crippen LogP contribution < -0.4 is 10.5 Å². The van der Waals surface area contributed by atoms with Crippen LogP contribution in [0.2, 0.25) is 0 Å². The molecule has 0 amide bonds. The van der Waals surface area contributed by atoms with Gasteiger partial charge in [0.1, 0.15) is 10.7 Å². The number of nitrogen functional groups attached to an aromatic ring is 1. The van der Waals surface area contributed by atoms with E-state index in [0.29, 0.717) is 0 Å². The summed E-state index contributed by atoms with van der Waals surface area (Å²) in [4.78, 5) is 3.31. The number of hydrogen-bond acceptors (Lipinski definition) is 4. The molecule has 0 atom stereocenters. The lowest BCUT2D eigenvalue weighted by Gasteiger charge is -2.10. The molecule has 8 heteroatoms. The minimum atomic E-state index is -4.13. The average molecular weight is 285 g/mol. The summed E-state index contributed by atoms with van der Waals surface area (Å²) in [5.41, 5.74) is 4.93. The fourth-order valence-corrected chi connectivity index (χ4v) is 2.56. The zero-order valence-electron chi connectivity index (χ0n) is 9.47. The summed E-state index contributed by atoms with van der Waals surface area (Å²) in [6, 6.07) is 5.74. The topological polar surface area (TPSA) is 85.1 Å². The second-order valence-electron chi connectivity index (χ2n) is 3.59. The summed E-state index contributed by atoms with van der Waals surface area (Å²) >= 11 is 0. The standard InChI is InChI=1S/C11H9F2N3O2S/c12-7-3-1-4-8(10(7)13)16-19(17,18)9-5-2-6-15-11(9)14/h1-6,16H,(H2,14,15). The smallest absolute Gasteiger partial charge is 0.265 e. The summed E-state index contributed by atoms with van der Waals surface area (Å²) in [6.45, 7) is 0. The number of rotatable bonds is 3. The average Bonchev–Trinajstić information content (AvgIpc) is 2.35. The fraction of sp³-hybridized carbons (Fsp3) is 0. The maximum atomic E-state index is 13.4. The van der Waals surface area contributed by atoms with Crippen molar-refractivity contribution in [1.82, 2.24) is 4.98 Å². The van der Waals surface area contributed by atoms with Crippen LogP contribution in [0.5, 0.6) is 0 Å². The molecule has 0 unspecified atom stereocenters. The number of aromatic nitrogens is 1. The van der Waals surface area contributed by atoms with Gasteiger partial charge in [-0.2, -0.15) is 0 Å². The van der Waals surface area contributed by atoms with Gasteiger partial charge in [-0.1, -0.05) is 6.07 Å². The van der Waals surface area contributed by atoms with Crippen LogP contribution in [0.25, 0.3) is 0 Å². The Morgan fingerprint density at radius 2 is 1.89 bits per heavy atom. The van der Waals surface area contributed by atoms with E-state index in [4.69, 9.17) is 5.73 Å². The third-order valence-corrected chi connectivity index (χ3v) is 3.70. The van der Waals surface area contributed by atoms with Crippen molar-refractivity contribution in [2.45, 2.75) is 4.90 Å². The monoisotopic (exact) mass is 285 g/mol. The van der Waals surface area contributed by atoms with Crippen LogP contribution in [0.4, 0.5) is 20.3 Å². The maximum Gasteiger partial charge on any atom is 0.265 e. The Labute approximate surface area is 108 Å². The Balaban J connectivity index is 2.43. The largest absolute Gasteiger partial charge is 0.383 e. The molecule has 0 aliphatic carbocycles. The molecule has 0 aliphatic rings. The maximum absolute atomic E-state index is 13.4. The Kier molecular flexibility index (Phi) is 3.34. The van der Waals surface area contributed by atoms with Crippen molar-refractivity contribution in [3.63, 3.8) is 0 Å². The zero-order chi connectivity index (χ0) is 14.0. The van der Waals surface area contributed by atoms with Gasteiger partial charge in [0.15, 0.2) is 11.6 Å². The molecule has 0 saturated heterocycles. The van der Waals surface area contributed by atoms with Gasteiger partial charge in [0.2, 0.25) is 0 Å². The SMILES string of the molecule is Nc1ncccc1S(=O)(=O)Nc1cccc(F)c1F. The number of pyridine rings is 1. The molecule has 0 fully saturated rings. The van der Waals surface area contributed by atoms with Crippen molar-refractivity contribution in [3.05, 3.63) is 48.2 Å². The lowest BCUT2D eigenvalue weighted by Crippen LogP contribution is -2.16. The number of nitrogens with two attached hydrogens (primary N) is 1. The third-order valence-electron chi connectivity index (χ3n) is 2.29. The van der Waals surface area contributed by atoms with Gasteiger partial charge < -0.3 is 5.73 Å². The predicted octanol–water partition coefficient (Wildman–Crippen LogP) is 1.74. The van der Waals surface area contributed by atoms with Crippen LogP contribution in [-0.2, 0) is 10.0 Å². The van der Waals surface area contributed by atoms with Gasteiger partial charge >= 0.3 is 0 Å². The highest BCUT2D eigenvalue weighted by atomic mass is 32.2. The van der Waals surface area contributed by atoms with E-state index in [0.717, 1.165) is 12.1 Å². The normalized spacial score (nSPS) is 11.3. The molecule has 3 N–H and O–H groups in total. The highest BCUT2D eigenvalue weighted by Gasteiger charge is 2.20. The quantitative estimate of drug-likeness (QED) is 0.899. The van der Waals surface area contributed by atoms with Crippen LogP contribution in [0.3, 0.4) is 0 Å². The molecule has 1 aromatic carbocycles. The van der Waals surface area contributed by atoms with Gasteiger partial charge in [-0.25, -0.2) is 22.2 Å². The van der Waals surface area contributed by atoms with Crippen LogP contribution in [0, 0.1) is 11.6 Å². The predicted molar refractivity (Wildman–Crippen MR) is 65.8 cm³/mol. The van der Waals surface area contributed by atoms with Crippen molar-refractivity contribution in [1.29, 1.82) is 0 Å². The Morgan fingerprint density at radius 1 is 1.16 bits per heavy atom. The molecule has 2 aromatic rings. The van der Waals surface area contributed by atoms with Crippen LogP contribution in [0.1, 0.15) is 0 Å². The van der Waals surface area contributed by atoms with Gasteiger partial charge in [0.25, 0.3) is 10.0 Å². The summed E-state index contributed by atoms with van der Waals surface area (Å²) in [7, 11) is -4.13. The zero-order valence-corrected chi connectivity index (χ0v) is 10.3. The molecule has 0 spiro atoms. The Bertz CT molecular complexity index is 720. The van der Waals surface area contributed by atoms with E-state index in [1.807, 2.05) is 4.72 Å². The molecular weight excluding hydrogens is 276 g/mol. The fourth-order valence-electron chi connectivity index (χ4n) is 1.41. The van der Waals surface area contributed by atoms with Crippen molar-refractivity contribution in [2.24, 2.45) is 0 Å². The van der Waals surface area contributed by atoms with Crippen molar-refractivity contribution < 1.29 is 17.2 Å². The number of benzene rings is 1. The summed E-state index contributed by atoms with van der Waals surface area (Å²) < 4.78 is 52.2. The van der Waals surface area contributed by atoms with E-state index in [1.165, 1.54) is 24.4 Å². The van der Waals surface area contributed by atoms with Crippen LogP contribution >= 0.6 is 0 Å². The van der Waals surface area contributed by atoms with Crippen molar-refractivity contribution >= 4 is 21.5 Å². The van der Waals surface area contributed by atoms with Crippen molar-refractivity contribution in [3.8, 4) is 0 Å². The van der Waals surface area contributed by atoms with Gasteiger partial charge in [0.05, 0.1) is 5.69 Å². The molecule has 0 bridgehead atoms. The second kappa shape index (κ2) is 4.81. The Hall–Kier alpha value is -2.22. The molecule has 19 heavy (non-hydrogen) atoms. The number of halogens is 2. The van der Waals surface area contributed by atoms with Gasteiger partial charge in [-0.15, -0.1) is 0 Å². The number of nitrogens with zero attached hydrogens (tertiary/aromatic N) is 1. The lowest BCUT2D eigenvalue weighted by atomic mass is 10.3. The molecule has 5 nitrogen and oxygen atoms in total. The lowest BCUT2D eigenvalue weighted by molar-refractivity contribution is 0.511. The van der Waals surface area contributed by atoms with E-state index < -0.39 is 27.3 Å². The molecule has 1 heterocycles. The van der Waals surface area contributed by atoms with Gasteiger partial charge in [-0.3, -0.25) is 4.72 Å². The first-order chi connectivity index (χ1) is 8.92. The third kappa shape index (κ3) is 2.63. The minimum Gasteiger partial charge on any atom is -0.383 e. The highest BCUT2D eigenvalue weighted by molar-refractivity contribution is 7.92. The summed E-state index contributed by atoms with van der Waals surface area (Å²) in [5.74, 6) is -2.67. The second-order valence-corrected chi connectivity index (χ2v) is 5.24. The first kappa shape index (κ1) is 13.2. The molecular formula is C11H9F2N3O2S. The van der Waals surface area contributed by atoms with E-state index in [9.17, 15) is 17.2 Å². The first-order valence-electron chi connectivity index (χ1n) is 5.09. The van der Waals surface area contributed by atoms with Gasteiger partial charge in [0, 0.05) is 6.20 Å². The number of hydrogen-bond donors (Lipinski definition) is 2. The molecule has 0 saturated carbocycles. The molecule has 1 aromatic heterocycles. The summed E-state index contributed by atoms with van der Waals surface area (Å²) in [6.07, 6.45) is 1.32. The van der Waals surface area contributed by atoms with Crippen molar-refractivity contribution in [2.75, 3.05) is 10.5 Å². The number of nitrogens with one attached hydrogen (secondary N) is 1. The van der Waals surface area contributed by atoms with E-state index in [-0.39, 0.29) is 10.7 Å². The molecule has 0 aliphatic heterocycles. The number of sulfonamides is 1. The van der Waals surface area contributed by atoms with Crippen LogP contribution in [-0.4, -0.2) is 13.4 Å².